The van der Waals surface area contributed by atoms with Gasteiger partial charge in [0.2, 0.25) is 5.89 Å². The van der Waals surface area contributed by atoms with Gasteiger partial charge in [0.25, 0.3) is 0 Å². The fourth-order valence-electron chi connectivity index (χ4n) is 2.03. The van der Waals surface area contributed by atoms with Crippen molar-refractivity contribution < 1.29 is 13.9 Å². The number of oxazole rings is 1. The molecule has 20 heavy (non-hydrogen) atoms. The number of hydrogen-bond donors (Lipinski definition) is 1. The smallest absolute Gasteiger partial charge is 0.340 e. The van der Waals surface area contributed by atoms with Crippen molar-refractivity contribution in [3.63, 3.8) is 0 Å². The van der Waals surface area contributed by atoms with Crippen LogP contribution in [0.5, 0.6) is 0 Å². The Morgan fingerprint density at radius 1 is 1.20 bits per heavy atom. The summed E-state index contributed by atoms with van der Waals surface area (Å²) in [4.78, 5) is 16.1. The molecule has 3 rings (SSSR count). The molecule has 3 aromatic rings. The van der Waals surface area contributed by atoms with Crippen LogP contribution < -0.4 is 5.73 Å². The van der Waals surface area contributed by atoms with Crippen molar-refractivity contribution in [2.45, 2.75) is 0 Å². The Labute approximate surface area is 115 Å². The summed E-state index contributed by atoms with van der Waals surface area (Å²) in [5.41, 5.74) is 8.53. The van der Waals surface area contributed by atoms with Gasteiger partial charge in [-0.05, 0) is 24.3 Å². The molecular weight excluding hydrogens is 256 g/mol. The Hall–Kier alpha value is -2.82. The molecule has 5 heteroatoms. The van der Waals surface area contributed by atoms with Crippen LogP contribution in [0.15, 0.2) is 46.9 Å². The molecule has 0 bridgehead atoms. The molecule has 0 spiro atoms. The predicted molar refractivity (Wildman–Crippen MR) is 75.2 cm³/mol. The minimum atomic E-state index is -0.448. The number of carbonyl (C=O) groups is 1. The highest BCUT2D eigenvalue weighted by Crippen LogP contribution is 2.29. The number of nitrogens with two attached hydrogens (primary N) is 1. The van der Waals surface area contributed by atoms with E-state index in [0.717, 1.165) is 0 Å². The zero-order chi connectivity index (χ0) is 14.1. The van der Waals surface area contributed by atoms with Crippen LogP contribution in [0.3, 0.4) is 0 Å². The van der Waals surface area contributed by atoms with Gasteiger partial charge in [-0.1, -0.05) is 18.2 Å². The lowest BCUT2D eigenvalue weighted by Gasteiger charge is -1.98. The number of methoxy groups -OCH3 is 1. The number of nitrogen functional groups attached to an aromatic ring is 1. The Bertz CT molecular complexity index is 793. The Balaban J connectivity index is 2.21. The monoisotopic (exact) mass is 268 g/mol. The summed E-state index contributed by atoms with van der Waals surface area (Å²) in [6.07, 6.45) is 0. The molecule has 0 fully saturated rings. The number of para-hydroxylation sites is 2. The minimum absolute atomic E-state index is 0.370. The molecule has 1 aromatic heterocycles. The molecule has 0 aliphatic rings. The van der Waals surface area contributed by atoms with Gasteiger partial charge < -0.3 is 14.9 Å². The molecular formula is C15H12N2O3. The molecule has 0 radical (unpaired) electrons. The van der Waals surface area contributed by atoms with Gasteiger partial charge in [0.15, 0.2) is 5.58 Å². The van der Waals surface area contributed by atoms with Gasteiger partial charge in [0.05, 0.1) is 18.2 Å². The summed E-state index contributed by atoms with van der Waals surface area (Å²) in [7, 11) is 1.33. The fourth-order valence-corrected chi connectivity index (χ4v) is 2.03. The Kier molecular flexibility index (Phi) is 2.87. The number of benzene rings is 2. The normalized spacial score (nSPS) is 10.7. The lowest BCUT2D eigenvalue weighted by Crippen LogP contribution is -2.01. The molecule has 2 N–H and O–H groups in total. The van der Waals surface area contributed by atoms with Crippen molar-refractivity contribution >= 4 is 22.8 Å². The van der Waals surface area contributed by atoms with Crippen molar-refractivity contribution in [3.8, 4) is 11.5 Å². The molecule has 1 heterocycles. The topological polar surface area (TPSA) is 78.3 Å². The molecule has 0 aliphatic heterocycles. The number of carbonyl (C=O) groups excluding carboxylic acids is 1. The van der Waals surface area contributed by atoms with E-state index >= 15 is 0 Å². The van der Waals surface area contributed by atoms with Crippen LogP contribution >= 0.6 is 0 Å². The summed E-state index contributed by atoms with van der Waals surface area (Å²) in [6, 6.07) is 12.4. The number of hydrogen-bond acceptors (Lipinski definition) is 5. The number of rotatable bonds is 2. The van der Waals surface area contributed by atoms with Crippen LogP contribution in [-0.2, 0) is 4.74 Å². The zero-order valence-corrected chi connectivity index (χ0v) is 10.8. The Morgan fingerprint density at radius 3 is 2.75 bits per heavy atom. The van der Waals surface area contributed by atoms with E-state index < -0.39 is 5.97 Å². The van der Waals surface area contributed by atoms with E-state index in [1.165, 1.54) is 7.11 Å². The van der Waals surface area contributed by atoms with Crippen LogP contribution in [0.1, 0.15) is 10.4 Å². The number of nitrogens with zero attached hydrogens (tertiary/aromatic N) is 1. The second-order valence-corrected chi connectivity index (χ2v) is 4.25. The van der Waals surface area contributed by atoms with Crippen molar-refractivity contribution in [2.75, 3.05) is 12.8 Å². The maximum absolute atomic E-state index is 11.7. The highest BCUT2D eigenvalue weighted by atomic mass is 16.5. The summed E-state index contributed by atoms with van der Waals surface area (Å²) in [6.45, 7) is 0. The van der Waals surface area contributed by atoms with Crippen LogP contribution in [0.4, 0.5) is 5.69 Å². The third-order valence-electron chi connectivity index (χ3n) is 3.02. The predicted octanol–water partition coefficient (Wildman–Crippen LogP) is 2.86. The van der Waals surface area contributed by atoms with Crippen molar-refractivity contribution in [2.24, 2.45) is 0 Å². The number of aromatic nitrogens is 1. The second-order valence-electron chi connectivity index (χ2n) is 4.25. The van der Waals surface area contributed by atoms with Gasteiger partial charge in [-0.2, -0.15) is 0 Å². The number of ether oxygens (including phenoxy) is 1. The van der Waals surface area contributed by atoms with Gasteiger partial charge in [-0.3, -0.25) is 0 Å². The van der Waals surface area contributed by atoms with Crippen molar-refractivity contribution in [1.82, 2.24) is 4.98 Å². The zero-order valence-electron chi connectivity index (χ0n) is 10.8. The summed E-state index contributed by atoms with van der Waals surface area (Å²) in [5.74, 6) is -0.0639. The summed E-state index contributed by atoms with van der Waals surface area (Å²) in [5, 5.41) is 0. The minimum Gasteiger partial charge on any atom is -0.465 e. The summed E-state index contributed by atoms with van der Waals surface area (Å²) >= 11 is 0. The maximum atomic E-state index is 11.7. The van der Waals surface area contributed by atoms with Gasteiger partial charge >= 0.3 is 5.97 Å². The van der Waals surface area contributed by atoms with E-state index in [-0.39, 0.29) is 0 Å². The molecule has 0 atom stereocenters. The first-order chi connectivity index (χ1) is 9.70. The molecule has 5 nitrogen and oxygen atoms in total. The fraction of sp³-hybridized carbons (Fsp3) is 0.0667. The molecule has 0 aliphatic carbocycles. The quantitative estimate of drug-likeness (QED) is 0.571. The third kappa shape index (κ3) is 1.89. The first-order valence-electron chi connectivity index (χ1n) is 6.03. The van der Waals surface area contributed by atoms with E-state index in [1.54, 1.807) is 24.3 Å². The first kappa shape index (κ1) is 12.2. The standard InChI is InChI=1S/C15H12N2O3/c1-19-15(18)10-6-4-8-12-13(10)17-14(20-12)9-5-2-3-7-11(9)16/h2-8H,16H2,1H3. The summed E-state index contributed by atoms with van der Waals surface area (Å²) < 4.78 is 10.4. The van der Waals surface area contributed by atoms with Gasteiger partial charge in [0, 0.05) is 5.69 Å². The lowest BCUT2D eigenvalue weighted by atomic mass is 10.2. The van der Waals surface area contributed by atoms with E-state index in [4.69, 9.17) is 14.9 Å². The van der Waals surface area contributed by atoms with Gasteiger partial charge in [0.1, 0.15) is 5.52 Å². The number of esters is 1. The van der Waals surface area contributed by atoms with Gasteiger partial charge in [-0.25, -0.2) is 9.78 Å². The third-order valence-corrected chi connectivity index (χ3v) is 3.02. The lowest BCUT2D eigenvalue weighted by molar-refractivity contribution is 0.0603. The van der Waals surface area contributed by atoms with E-state index in [2.05, 4.69) is 4.98 Å². The average molecular weight is 268 g/mol. The van der Waals surface area contributed by atoms with E-state index in [0.29, 0.717) is 33.8 Å². The SMILES string of the molecule is COC(=O)c1cccc2oc(-c3ccccc3N)nc12. The molecule has 100 valence electrons. The number of fused-ring (bicyclic) bond motifs is 1. The Morgan fingerprint density at radius 2 is 2.00 bits per heavy atom. The van der Waals surface area contributed by atoms with Crippen molar-refractivity contribution in [1.29, 1.82) is 0 Å². The van der Waals surface area contributed by atoms with E-state index in [9.17, 15) is 4.79 Å². The first-order valence-corrected chi connectivity index (χ1v) is 6.03. The molecule has 0 amide bonds. The molecule has 0 unspecified atom stereocenters. The van der Waals surface area contributed by atoms with Crippen LogP contribution in [0.2, 0.25) is 0 Å². The highest BCUT2D eigenvalue weighted by molar-refractivity contribution is 6.02. The van der Waals surface area contributed by atoms with Crippen LogP contribution in [0, 0.1) is 0 Å². The molecule has 0 saturated carbocycles. The van der Waals surface area contributed by atoms with Crippen molar-refractivity contribution in [3.05, 3.63) is 48.0 Å². The van der Waals surface area contributed by atoms with E-state index in [1.807, 2.05) is 18.2 Å². The highest BCUT2D eigenvalue weighted by Gasteiger charge is 2.17. The van der Waals surface area contributed by atoms with Gasteiger partial charge in [-0.15, -0.1) is 0 Å². The largest absolute Gasteiger partial charge is 0.465 e. The van der Waals surface area contributed by atoms with Crippen LogP contribution in [0.25, 0.3) is 22.6 Å². The average Bonchev–Trinajstić information content (AvgIpc) is 2.90. The maximum Gasteiger partial charge on any atom is 0.340 e. The number of anilines is 1. The van der Waals surface area contributed by atoms with Crippen LogP contribution in [-0.4, -0.2) is 18.1 Å². The second kappa shape index (κ2) is 4.70. The molecule has 0 saturated heterocycles. The molecule has 2 aromatic carbocycles.